The molecule has 1 unspecified atom stereocenters. The quantitative estimate of drug-likeness (QED) is 0.239. The molecule has 0 aromatic heterocycles. The maximum absolute atomic E-state index is 14.6. The molecule has 0 amide bonds. The molecule has 0 bridgehead atoms. The van der Waals surface area contributed by atoms with Gasteiger partial charge in [0.25, 0.3) is 7.37 Å². The number of hydrogen-bond donors (Lipinski definition) is 1. The SMILES string of the molecule is CC(C)(C)c1ccc(-c2cccc(P(=O)(O)c3ccccc3)c2-c2ccc(C(C)(C)C)cc2C(C)(C)C)c(C(C)(C)C)c1. The van der Waals surface area contributed by atoms with Gasteiger partial charge in [0.15, 0.2) is 0 Å². The maximum atomic E-state index is 14.6. The summed E-state index contributed by atoms with van der Waals surface area (Å²) in [5.41, 5.74) is 8.50. The van der Waals surface area contributed by atoms with E-state index in [2.05, 4.69) is 126 Å². The molecule has 4 aromatic rings. The monoisotopic (exact) mass is 594 g/mol. The Balaban J connectivity index is 2.21. The van der Waals surface area contributed by atoms with Gasteiger partial charge in [-0.25, -0.2) is 0 Å². The Hall–Kier alpha value is -2.93. The molecule has 0 spiro atoms. The lowest BCUT2D eigenvalue weighted by Crippen LogP contribution is -2.22. The van der Waals surface area contributed by atoms with Gasteiger partial charge in [0.1, 0.15) is 0 Å². The van der Waals surface area contributed by atoms with Crippen LogP contribution in [0, 0.1) is 0 Å². The van der Waals surface area contributed by atoms with Gasteiger partial charge in [-0.15, -0.1) is 0 Å². The first-order valence-electron chi connectivity index (χ1n) is 15.5. The Bertz CT molecular complexity index is 1670. The predicted octanol–water partition coefficient (Wildman–Crippen LogP) is 10.4. The molecule has 43 heavy (non-hydrogen) atoms. The Morgan fingerprint density at radius 3 is 1.42 bits per heavy atom. The minimum atomic E-state index is -3.96. The van der Waals surface area contributed by atoms with Crippen LogP contribution in [0.4, 0.5) is 0 Å². The van der Waals surface area contributed by atoms with Crippen LogP contribution in [-0.2, 0) is 26.2 Å². The van der Waals surface area contributed by atoms with Gasteiger partial charge < -0.3 is 4.89 Å². The molecule has 0 aliphatic heterocycles. The third kappa shape index (κ3) is 6.77. The summed E-state index contributed by atoms with van der Waals surface area (Å²) >= 11 is 0. The topological polar surface area (TPSA) is 37.3 Å². The lowest BCUT2D eigenvalue weighted by molar-refractivity contribution is 0.501. The fourth-order valence-electron chi connectivity index (χ4n) is 5.78. The average Bonchev–Trinajstić information content (AvgIpc) is 2.90. The molecule has 0 saturated carbocycles. The first-order valence-corrected chi connectivity index (χ1v) is 17.1. The Kier molecular flexibility index (Phi) is 8.60. The highest BCUT2D eigenvalue weighted by molar-refractivity contribution is 7.73. The van der Waals surface area contributed by atoms with Crippen molar-refractivity contribution < 1.29 is 9.46 Å². The van der Waals surface area contributed by atoms with Crippen LogP contribution < -0.4 is 10.6 Å². The van der Waals surface area contributed by atoms with Crippen molar-refractivity contribution in [2.75, 3.05) is 0 Å². The van der Waals surface area contributed by atoms with Gasteiger partial charge in [-0.2, -0.15) is 0 Å². The summed E-state index contributed by atoms with van der Waals surface area (Å²) in [7, 11) is -3.96. The molecule has 4 aromatic carbocycles. The van der Waals surface area contributed by atoms with Gasteiger partial charge in [0, 0.05) is 16.2 Å². The highest BCUT2D eigenvalue weighted by Crippen LogP contribution is 2.49. The van der Waals surface area contributed by atoms with E-state index in [1.54, 1.807) is 12.1 Å². The summed E-state index contributed by atoms with van der Waals surface area (Å²) < 4.78 is 14.6. The van der Waals surface area contributed by atoms with Crippen LogP contribution >= 0.6 is 7.37 Å². The van der Waals surface area contributed by atoms with E-state index in [-0.39, 0.29) is 21.7 Å². The van der Waals surface area contributed by atoms with E-state index in [0.717, 1.165) is 22.3 Å². The fraction of sp³-hybridized carbons (Fsp3) is 0.400. The largest absolute Gasteiger partial charge is 0.338 e. The highest BCUT2D eigenvalue weighted by atomic mass is 31.2. The lowest BCUT2D eigenvalue weighted by atomic mass is 9.74. The predicted molar refractivity (Wildman–Crippen MR) is 188 cm³/mol. The van der Waals surface area contributed by atoms with Gasteiger partial charge in [0.05, 0.1) is 0 Å². The van der Waals surface area contributed by atoms with E-state index in [1.807, 2.05) is 30.3 Å². The normalized spacial score (nSPS) is 14.4. The van der Waals surface area contributed by atoms with Gasteiger partial charge in [-0.3, -0.25) is 4.57 Å². The van der Waals surface area contributed by atoms with Gasteiger partial charge in [0.2, 0.25) is 0 Å². The molecule has 0 heterocycles. The summed E-state index contributed by atoms with van der Waals surface area (Å²) in [6.45, 7) is 26.9. The zero-order valence-electron chi connectivity index (χ0n) is 28.4. The average molecular weight is 595 g/mol. The van der Waals surface area contributed by atoms with Crippen LogP contribution in [0.3, 0.4) is 0 Å². The molecule has 0 aliphatic rings. The summed E-state index contributed by atoms with van der Waals surface area (Å²) in [5.74, 6) is 0. The summed E-state index contributed by atoms with van der Waals surface area (Å²) in [4.78, 5) is 12.0. The Morgan fingerprint density at radius 1 is 0.488 bits per heavy atom. The second kappa shape index (κ2) is 11.2. The van der Waals surface area contributed by atoms with Crippen LogP contribution in [0.25, 0.3) is 22.3 Å². The van der Waals surface area contributed by atoms with E-state index >= 15 is 0 Å². The Morgan fingerprint density at radius 2 is 0.953 bits per heavy atom. The van der Waals surface area contributed by atoms with Gasteiger partial charge in [-0.1, -0.05) is 150 Å². The molecule has 0 radical (unpaired) electrons. The van der Waals surface area contributed by atoms with Crippen molar-refractivity contribution in [2.45, 2.75) is 105 Å². The summed E-state index contributed by atoms with van der Waals surface area (Å²) in [6, 6.07) is 28.5. The molecular weight excluding hydrogens is 543 g/mol. The van der Waals surface area contributed by atoms with Crippen LogP contribution in [0.15, 0.2) is 84.9 Å². The molecule has 0 saturated heterocycles. The molecule has 1 atom stereocenters. The second-order valence-corrected chi connectivity index (χ2v) is 18.3. The van der Waals surface area contributed by atoms with Gasteiger partial charge in [-0.05, 0) is 78.8 Å². The number of rotatable bonds is 4. The van der Waals surface area contributed by atoms with Gasteiger partial charge >= 0.3 is 0 Å². The number of benzene rings is 4. The molecule has 4 rings (SSSR count). The van der Waals surface area contributed by atoms with Crippen molar-refractivity contribution in [3.05, 3.63) is 107 Å². The van der Waals surface area contributed by atoms with Crippen molar-refractivity contribution >= 4 is 18.0 Å². The first-order chi connectivity index (χ1) is 19.6. The van der Waals surface area contributed by atoms with Crippen molar-refractivity contribution in [1.29, 1.82) is 0 Å². The van der Waals surface area contributed by atoms with Crippen LogP contribution in [-0.4, -0.2) is 4.89 Å². The molecule has 0 fully saturated rings. The first kappa shape index (κ1) is 33.0. The summed E-state index contributed by atoms with van der Waals surface area (Å²) in [6.07, 6.45) is 0. The van der Waals surface area contributed by atoms with Crippen LogP contribution in [0.1, 0.15) is 105 Å². The molecular formula is C40H51O2P. The van der Waals surface area contributed by atoms with Crippen LogP contribution in [0.2, 0.25) is 0 Å². The van der Waals surface area contributed by atoms with Crippen LogP contribution in [0.5, 0.6) is 0 Å². The second-order valence-electron chi connectivity index (χ2n) is 16.1. The lowest BCUT2D eigenvalue weighted by Gasteiger charge is -2.31. The minimum absolute atomic E-state index is 0.000486. The molecule has 1 N–H and O–H groups in total. The summed E-state index contributed by atoms with van der Waals surface area (Å²) in [5, 5.41) is 0.918. The smallest absolute Gasteiger partial charge is 0.259 e. The molecule has 2 nitrogen and oxygen atoms in total. The van der Waals surface area contributed by atoms with E-state index in [0.29, 0.717) is 10.6 Å². The molecule has 0 aliphatic carbocycles. The van der Waals surface area contributed by atoms with E-state index in [9.17, 15) is 9.46 Å². The molecule has 228 valence electrons. The van der Waals surface area contributed by atoms with E-state index < -0.39 is 7.37 Å². The molecule has 3 heteroatoms. The van der Waals surface area contributed by atoms with E-state index in [1.165, 1.54) is 22.3 Å². The third-order valence-electron chi connectivity index (χ3n) is 8.42. The number of hydrogen-bond acceptors (Lipinski definition) is 1. The van der Waals surface area contributed by atoms with E-state index in [4.69, 9.17) is 0 Å². The van der Waals surface area contributed by atoms with Crippen molar-refractivity contribution in [1.82, 2.24) is 0 Å². The van der Waals surface area contributed by atoms with Crippen molar-refractivity contribution in [3.63, 3.8) is 0 Å². The highest BCUT2D eigenvalue weighted by Gasteiger charge is 2.33. The zero-order chi connectivity index (χ0) is 32.2. The Labute approximate surface area is 261 Å². The minimum Gasteiger partial charge on any atom is -0.338 e. The van der Waals surface area contributed by atoms with Crippen molar-refractivity contribution in [3.8, 4) is 22.3 Å². The zero-order valence-corrected chi connectivity index (χ0v) is 29.3. The fourth-order valence-corrected chi connectivity index (χ4v) is 7.47. The standard InChI is InChI=1S/C40H51O2P/c1-37(2,3)27-21-23-30(33(25-27)39(7,8)9)31-19-16-20-35(43(41,42)29-17-14-13-15-18-29)36(31)32-24-22-28(38(4,5)6)26-34(32)40(10,11)12/h13-26H,1-12H3,(H,41,42). The third-order valence-corrected chi connectivity index (χ3v) is 10.4. The van der Waals surface area contributed by atoms with Crippen molar-refractivity contribution in [2.24, 2.45) is 0 Å². The maximum Gasteiger partial charge on any atom is 0.259 e.